The molecule has 1 aromatic heterocycles. The van der Waals surface area contributed by atoms with Crippen LogP contribution in [0.5, 0.6) is 5.88 Å². The van der Waals surface area contributed by atoms with Gasteiger partial charge in [0.25, 0.3) is 0 Å². The molecular weight excluding hydrogens is 439 g/mol. The van der Waals surface area contributed by atoms with Gasteiger partial charge in [0.05, 0.1) is 12.6 Å². The van der Waals surface area contributed by atoms with Crippen LogP contribution in [0.25, 0.3) is 17.0 Å². The van der Waals surface area contributed by atoms with Crippen molar-refractivity contribution in [3.05, 3.63) is 114 Å². The molecule has 0 amide bonds. The summed E-state index contributed by atoms with van der Waals surface area (Å²) in [6.07, 6.45) is 2.21. The predicted octanol–water partition coefficient (Wildman–Crippen LogP) is 6.00. The van der Waals surface area contributed by atoms with Crippen LogP contribution in [0.15, 0.2) is 85.4 Å². The van der Waals surface area contributed by atoms with Gasteiger partial charge < -0.3 is 14.7 Å². The number of aromatic nitrogens is 1. The van der Waals surface area contributed by atoms with E-state index in [9.17, 15) is 9.50 Å². The zero-order chi connectivity index (χ0) is 25.0. The van der Waals surface area contributed by atoms with Crippen molar-refractivity contribution >= 4 is 17.0 Å². The van der Waals surface area contributed by atoms with Gasteiger partial charge >= 0.3 is 0 Å². The molecule has 0 fully saturated rings. The molecule has 1 heterocycles. The Morgan fingerprint density at radius 3 is 2.40 bits per heavy atom. The summed E-state index contributed by atoms with van der Waals surface area (Å²) >= 11 is 0. The SMILES string of the molecule is C=Cc1ccc2nc(OC)c(C(c3ccccc3)C(O)(CCN(C)C)c3ccc(F)cc3)cc2c1. The van der Waals surface area contributed by atoms with Crippen LogP contribution in [0.1, 0.15) is 34.6 Å². The lowest BCUT2D eigenvalue weighted by atomic mass is 9.71. The van der Waals surface area contributed by atoms with E-state index in [1.165, 1.54) is 12.1 Å². The number of ether oxygens (including phenoxy) is 1. The first-order valence-corrected chi connectivity index (χ1v) is 11.6. The van der Waals surface area contributed by atoms with Gasteiger partial charge in [-0.05, 0) is 67.5 Å². The fourth-order valence-electron chi connectivity index (χ4n) is 4.64. The highest BCUT2D eigenvalue weighted by molar-refractivity contribution is 5.83. The molecule has 4 nitrogen and oxygen atoms in total. The number of pyridine rings is 1. The van der Waals surface area contributed by atoms with Crippen LogP contribution in [-0.4, -0.2) is 42.7 Å². The maximum atomic E-state index is 13.9. The van der Waals surface area contributed by atoms with Crippen LogP contribution in [0, 0.1) is 5.82 Å². The third-order valence-corrected chi connectivity index (χ3v) is 6.47. The number of hydrogen-bond donors (Lipinski definition) is 1. The van der Waals surface area contributed by atoms with Gasteiger partial charge in [-0.15, -0.1) is 0 Å². The van der Waals surface area contributed by atoms with Crippen molar-refractivity contribution in [2.75, 3.05) is 27.7 Å². The summed E-state index contributed by atoms with van der Waals surface area (Å²) < 4.78 is 19.6. The minimum absolute atomic E-state index is 0.345. The van der Waals surface area contributed by atoms with Gasteiger partial charge in [-0.1, -0.05) is 61.2 Å². The van der Waals surface area contributed by atoms with Gasteiger partial charge in [-0.25, -0.2) is 9.37 Å². The predicted molar refractivity (Wildman–Crippen MR) is 140 cm³/mol. The molecule has 1 N–H and O–H groups in total. The average Bonchev–Trinajstić information content (AvgIpc) is 2.87. The number of rotatable bonds is 9. The quantitative estimate of drug-likeness (QED) is 0.326. The molecular formula is C30H31FN2O2. The molecule has 3 aromatic carbocycles. The van der Waals surface area contributed by atoms with Crippen molar-refractivity contribution in [1.29, 1.82) is 0 Å². The Kier molecular flexibility index (Phi) is 7.29. The number of fused-ring (bicyclic) bond motifs is 1. The molecule has 0 saturated heterocycles. The molecule has 35 heavy (non-hydrogen) atoms. The Hall–Kier alpha value is -3.54. The van der Waals surface area contributed by atoms with Crippen LogP contribution in [0.2, 0.25) is 0 Å². The van der Waals surface area contributed by atoms with E-state index in [1.54, 1.807) is 25.3 Å². The first kappa shape index (κ1) is 24.6. The maximum absolute atomic E-state index is 13.9. The zero-order valence-electron chi connectivity index (χ0n) is 20.4. The molecule has 0 radical (unpaired) electrons. The molecule has 5 heteroatoms. The van der Waals surface area contributed by atoms with E-state index < -0.39 is 11.5 Å². The molecule has 0 aliphatic carbocycles. The lowest BCUT2D eigenvalue weighted by Gasteiger charge is -2.39. The maximum Gasteiger partial charge on any atom is 0.217 e. The van der Waals surface area contributed by atoms with Crippen molar-refractivity contribution in [1.82, 2.24) is 9.88 Å². The molecule has 0 spiro atoms. The van der Waals surface area contributed by atoms with Crippen LogP contribution < -0.4 is 4.74 Å². The van der Waals surface area contributed by atoms with Crippen LogP contribution in [0.3, 0.4) is 0 Å². The second-order valence-electron chi connectivity index (χ2n) is 9.07. The van der Waals surface area contributed by atoms with Crippen LogP contribution in [-0.2, 0) is 5.60 Å². The van der Waals surface area contributed by atoms with E-state index in [-0.39, 0.29) is 5.82 Å². The molecule has 0 aliphatic heterocycles. The molecule has 2 unspecified atom stereocenters. The van der Waals surface area contributed by atoms with E-state index in [2.05, 4.69) is 6.58 Å². The first-order valence-electron chi connectivity index (χ1n) is 11.6. The number of hydrogen-bond acceptors (Lipinski definition) is 4. The largest absolute Gasteiger partial charge is 0.481 e. The number of halogens is 1. The summed E-state index contributed by atoms with van der Waals surface area (Å²) in [5.41, 5.74) is 2.72. The molecule has 4 rings (SSSR count). The highest BCUT2D eigenvalue weighted by Gasteiger charge is 2.42. The minimum atomic E-state index is -1.36. The third-order valence-electron chi connectivity index (χ3n) is 6.47. The number of methoxy groups -OCH3 is 1. The van der Waals surface area contributed by atoms with E-state index >= 15 is 0 Å². The first-order chi connectivity index (χ1) is 16.9. The van der Waals surface area contributed by atoms with E-state index in [0.29, 0.717) is 24.4 Å². The molecule has 4 aromatic rings. The van der Waals surface area contributed by atoms with Gasteiger partial charge in [0.15, 0.2) is 0 Å². The summed E-state index contributed by atoms with van der Waals surface area (Å²) in [4.78, 5) is 6.82. The van der Waals surface area contributed by atoms with Gasteiger partial charge in [0.1, 0.15) is 11.4 Å². The lowest BCUT2D eigenvalue weighted by Crippen LogP contribution is -2.37. The molecule has 0 saturated carbocycles. The number of benzene rings is 3. The monoisotopic (exact) mass is 470 g/mol. The number of aliphatic hydroxyl groups is 1. The number of nitrogens with zero attached hydrogens (tertiary/aromatic N) is 2. The Morgan fingerprint density at radius 2 is 1.77 bits per heavy atom. The average molecular weight is 471 g/mol. The highest BCUT2D eigenvalue weighted by atomic mass is 19.1. The van der Waals surface area contributed by atoms with Gasteiger partial charge in [0, 0.05) is 23.4 Å². The minimum Gasteiger partial charge on any atom is -0.481 e. The summed E-state index contributed by atoms with van der Waals surface area (Å²) in [5.74, 6) is -0.418. The lowest BCUT2D eigenvalue weighted by molar-refractivity contribution is 0.00375. The van der Waals surface area contributed by atoms with Gasteiger partial charge in [-0.2, -0.15) is 0 Å². The Bertz CT molecular complexity index is 1310. The Balaban J connectivity index is 2.01. The van der Waals surface area contributed by atoms with Gasteiger partial charge in [-0.3, -0.25) is 0 Å². The van der Waals surface area contributed by atoms with Gasteiger partial charge in [0.2, 0.25) is 5.88 Å². The summed E-state index contributed by atoms with van der Waals surface area (Å²) in [5, 5.41) is 13.5. The van der Waals surface area contributed by atoms with Crippen molar-refractivity contribution < 1.29 is 14.2 Å². The Labute approximate surface area is 206 Å². The molecule has 180 valence electrons. The summed E-state index contributed by atoms with van der Waals surface area (Å²) in [7, 11) is 5.53. The van der Waals surface area contributed by atoms with E-state index in [0.717, 1.165) is 27.6 Å². The van der Waals surface area contributed by atoms with Crippen LogP contribution >= 0.6 is 0 Å². The van der Waals surface area contributed by atoms with E-state index in [4.69, 9.17) is 9.72 Å². The van der Waals surface area contributed by atoms with Crippen molar-refractivity contribution in [3.63, 3.8) is 0 Å². The molecule has 0 bridgehead atoms. The van der Waals surface area contributed by atoms with Crippen molar-refractivity contribution in [2.24, 2.45) is 0 Å². The second-order valence-corrected chi connectivity index (χ2v) is 9.07. The standard InChI is InChI=1S/C30H31FN2O2/c1-5-21-11-16-27-23(19-21)20-26(29(32-27)35-4)28(22-9-7-6-8-10-22)30(34,17-18-33(2)3)24-12-14-25(31)15-13-24/h5-16,19-20,28,34H,1,17-18H2,2-4H3. The van der Waals surface area contributed by atoms with Crippen molar-refractivity contribution in [2.45, 2.75) is 17.9 Å². The zero-order valence-corrected chi connectivity index (χ0v) is 20.4. The third kappa shape index (κ3) is 5.11. The topological polar surface area (TPSA) is 45.6 Å². The summed E-state index contributed by atoms with van der Waals surface area (Å²) in [6, 6.07) is 23.9. The van der Waals surface area contributed by atoms with Crippen LogP contribution in [0.4, 0.5) is 4.39 Å². The smallest absolute Gasteiger partial charge is 0.217 e. The summed E-state index contributed by atoms with van der Waals surface area (Å²) in [6.45, 7) is 4.51. The normalized spacial score (nSPS) is 14.0. The highest BCUT2D eigenvalue weighted by Crippen LogP contribution is 2.47. The Morgan fingerprint density at radius 1 is 1.06 bits per heavy atom. The fraction of sp³-hybridized carbons (Fsp3) is 0.233. The van der Waals surface area contributed by atoms with Crippen molar-refractivity contribution in [3.8, 4) is 5.88 Å². The van der Waals surface area contributed by atoms with E-state index in [1.807, 2.05) is 73.6 Å². The second kappa shape index (κ2) is 10.4. The molecule has 0 aliphatic rings. The molecule has 2 atom stereocenters. The fourth-order valence-corrected chi connectivity index (χ4v) is 4.64.